The van der Waals surface area contributed by atoms with Crippen molar-refractivity contribution < 1.29 is 4.74 Å². The average Bonchev–Trinajstić information content (AvgIpc) is 3.33. The summed E-state index contributed by atoms with van der Waals surface area (Å²) in [4.78, 5) is 16.0. The van der Waals surface area contributed by atoms with E-state index in [1.807, 2.05) is 32.0 Å². The molecule has 2 fully saturated rings. The van der Waals surface area contributed by atoms with E-state index in [-0.39, 0.29) is 0 Å². The number of nitrogen functional groups attached to an aromatic ring is 1. The second kappa shape index (κ2) is 14.2. The smallest absolute Gasteiger partial charge is 0.162 e. The van der Waals surface area contributed by atoms with E-state index in [1.165, 1.54) is 17.5 Å². The number of piperazine rings is 1. The number of aromatic nitrogens is 2. The second-order valence-electron chi connectivity index (χ2n) is 8.58. The Morgan fingerprint density at radius 2 is 1.81 bits per heavy atom. The van der Waals surface area contributed by atoms with Crippen LogP contribution in [0.25, 0.3) is 21.6 Å². The first-order valence-electron chi connectivity index (χ1n) is 13.1. The van der Waals surface area contributed by atoms with Crippen molar-refractivity contribution in [2.45, 2.75) is 40.7 Å². The van der Waals surface area contributed by atoms with Crippen LogP contribution in [0.2, 0.25) is 0 Å². The number of anilines is 2. The molecule has 0 bridgehead atoms. The molecule has 0 aliphatic carbocycles. The van der Waals surface area contributed by atoms with E-state index in [0.29, 0.717) is 30.3 Å². The maximum atomic E-state index is 7.84. The molecule has 36 heavy (non-hydrogen) atoms. The molecule has 0 spiro atoms. The summed E-state index contributed by atoms with van der Waals surface area (Å²) < 4.78 is 6.69. The monoisotopic (exact) mass is 511 g/mol. The van der Waals surface area contributed by atoms with E-state index in [9.17, 15) is 0 Å². The van der Waals surface area contributed by atoms with Crippen LogP contribution in [0.5, 0.6) is 0 Å². The molecule has 8 nitrogen and oxygen atoms in total. The Hall–Kier alpha value is -2.59. The van der Waals surface area contributed by atoms with E-state index in [4.69, 9.17) is 25.8 Å². The van der Waals surface area contributed by atoms with Crippen LogP contribution < -0.4 is 16.0 Å². The number of rotatable bonds is 5. The summed E-state index contributed by atoms with van der Waals surface area (Å²) in [7, 11) is 0. The minimum atomic E-state index is 0.564. The molecule has 0 amide bonds. The van der Waals surface area contributed by atoms with Crippen molar-refractivity contribution in [2.75, 3.05) is 63.1 Å². The highest BCUT2D eigenvalue weighted by Crippen LogP contribution is 2.36. The number of nitrogens with zero attached hydrogens (tertiary/aromatic N) is 4. The molecule has 2 aromatic heterocycles. The van der Waals surface area contributed by atoms with Crippen molar-refractivity contribution in [2.24, 2.45) is 0 Å². The van der Waals surface area contributed by atoms with Gasteiger partial charge in [-0.2, -0.15) is 0 Å². The molecule has 0 unspecified atom stereocenters. The second-order valence-corrected chi connectivity index (χ2v) is 9.72. The van der Waals surface area contributed by atoms with Crippen molar-refractivity contribution in [1.82, 2.24) is 20.2 Å². The lowest BCUT2D eigenvalue weighted by atomic mass is 10.1. The lowest BCUT2D eigenvalue weighted by molar-refractivity contribution is 0.122. The maximum Gasteiger partial charge on any atom is 0.162 e. The summed E-state index contributed by atoms with van der Waals surface area (Å²) in [6.07, 6.45) is 2.54. The van der Waals surface area contributed by atoms with Crippen molar-refractivity contribution in [1.29, 1.82) is 5.41 Å². The number of benzene rings is 1. The zero-order valence-corrected chi connectivity index (χ0v) is 23.0. The molecule has 1 aromatic carbocycles. The highest BCUT2D eigenvalue weighted by Gasteiger charge is 2.22. The minimum Gasteiger partial charge on any atom is -0.398 e. The lowest BCUT2D eigenvalue weighted by Crippen LogP contribution is -2.42. The number of nitrogens with one attached hydrogen (secondary N) is 2. The number of morpholine rings is 1. The zero-order valence-electron chi connectivity index (χ0n) is 22.1. The molecule has 196 valence electrons. The van der Waals surface area contributed by atoms with Crippen LogP contribution in [-0.4, -0.2) is 73.6 Å². The fourth-order valence-electron chi connectivity index (χ4n) is 4.18. The maximum absolute atomic E-state index is 7.84. The molecule has 4 N–H and O–H groups in total. The number of fused-ring (bicyclic) bond motifs is 1. The van der Waals surface area contributed by atoms with Gasteiger partial charge in [-0.25, -0.2) is 9.97 Å². The SMILES string of the molecule is CC.CCC.N=Cc1c(N)cccc1-c1nc(N2CCOCC2)c2sc(CN3CCNCC3)cc2n1. The molecule has 0 radical (unpaired) electrons. The third-order valence-corrected chi connectivity index (χ3v) is 6.93. The Labute approximate surface area is 219 Å². The van der Waals surface area contributed by atoms with E-state index in [0.717, 1.165) is 67.4 Å². The number of nitrogens with two attached hydrogens (primary N) is 1. The number of hydrogen-bond donors (Lipinski definition) is 3. The Morgan fingerprint density at radius 3 is 2.47 bits per heavy atom. The topological polar surface area (TPSA) is 103 Å². The van der Waals surface area contributed by atoms with Crippen LogP contribution in [0.4, 0.5) is 11.5 Å². The van der Waals surface area contributed by atoms with Gasteiger partial charge in [-0.05, 0) is 12.1 Å². The Kier molecular flexibility index (Phi) is 11.1. The van der Waals surface area contributed by atoms with Crippen molar-refractivity contribution in [3.05, 3.63) is 34.7 Å². The van der Waals surface area contributed by atoms with Crippen molar-refractivity contribution in [3.8, 4) is 11.4 Å². The van der Waals surface area contributed by atoms with Gasteiger partial charge >= 0.3 is 0 Å². The third-order valence-electron chi connectivity index (χ3n) is 5.83. The first-order chi connectivity index (χ1) is 17.6. The van der Waals surface area contributed by atoms with Gasteiger partial charge in [0.2, 0.25) is 0 Å². The first kappa shape index (κ1) is 28.0. The van der Waals surface area contributed by atoms with E-state index in [1.54, 1.807) is 11.3 Å². The van der Waals surface area contributed by atoms with Crippen molar-refractivity contribution in [3.63, 3.8) is 0 Å². The van der Waals surface area contributed by atoms with Crippen LogP contribution in [0.3, 0.4) is 0 Å². The quantitative estimate of drug-likeness (QED) is 0.339. The van der Waals surface area contributed by atoms with Gasteiger partial charge in [0.25, 0.3) is 0 Å². The molecule has 0 atom stereocenters. The predicted octanol–water partition coefficient (Wildman–Crippen LogP) is 4.62. The molecule has 2 aliphatic heterocycles. The van der Waals surface area contributed by atoms with Crippen LogP contribution in [-0.2, 0) is 11.3 Å². The number of thiophene rings is 1. The summed E-state index contributed by atoms with van der Waals surface area (Å²) in [6, 6.07) is 7.84. The number of hydrogen-bond acceptors (Lipinski definition) is 9. The molecule has 2 saturated heterocycles. The minimum absolute atomic E-state index is 0.564. The van der Waals surface area contributed by atoms with Crippen LogP contribution in [0.1, 0.15) is 44.6 Å². The van der Waals surface area contributed by atoms with Gasteiger partial charge in [0, 0.05) is 73.7 Å². The predicted molar refractivity (Wildman–Crippen MR) is 154 cm³/mol. The fourth-order valence-corrected chi connectivity index (χ4v) is 5.34. The standard InChI is InChI=1S/C22H27N7OS.C3H8.C2H6/c23-13-17-16(2-1-3-18(17)24)21-26-19-12-15(14-28-6-4-25-5-7-28)31-20(19)22(27-21)29-8-10-30-11-9-29;1-3-2;1-2/h1-3,12-13,23,25H,4-11,14,24H2;3H2,1-2H3;1-2H3. The van der Waals surface area contributed by atoms with E-state index in [2.05, 4.69) is 35.0 Å². The zero-order chi connectivity index (χ0) is 25.9. The molecule has 0 saturated carbocycles. The van der Waals surface area contributed by atoms with E-state index >= 15 is 0 Å². The average molecular weight is 512 g/mol. The summed E-state index contributed by atoms with van der Waals surface area (Å²) in [5, 5.41) is 11.3. The van der Waals surface area contributed by atoms with E-state index < -0.39 is 0 Å². The molecular formula is C27H41N7OS. The third kappa shape index (κ3) is 6.79. The molecule has 9 heteroatoms. The Balaban J connectivity index is 0.000000674. The molecule has 5 rings (SSSR count). The largest absolute Gasteiger partial charge is 0.398 e. The summed E-state index contributed by atoms with van der Waals surface area (Å²) in [6.45, 7) is 16.4. The highest BCUT2D eigenvalue weighted by molar-refractivity contribution is 7.19. The van der Waals surface area contributed by atoms with Crippen LogP contribution in [0, 0.1) is 5.41 Å². The fraction of sp³-hybridized carbons (Fsp3) is 0.519. The first-order valence-corrected chi connectivity index (χ1v) is 13.9. The molecular weight excluding hydrogens is 470 g/mol. The van der Waals surface area contributed by atoms with Gasteiger partial charge in [0.15, 0.2) is 11.6 Å². The van der Waals surface area contributed by atoms with Gasteiger partial charge in [0.05, 0.1) is 23.4 Å². The Morgan fingerprint density at radius 1 is 1.11 bits per heavy atom. The van der Waals surface area contributed by atoms with Gasteiger partial charge in [0.1, 0.15) is 0 Å². The van der Waals surface area contributed by atoms with Crippen LogP contribution in [0.15, 0.2) is 24.3 Å². The highest BCUT2D eigenvalue weighted by atomic mass is 32.1. The van der Waals surface area contributed by atoms with Gasteiger partial charge in [-0.15, -0.1) is 11.3 Å². The molecule has 4 heterocycles. The van der Waals surface area contributed by atoms with Gasteiger partial charge in [-0.1, -0.05) is 46.2 Å². The molecule has 3 aromatic rings. The van der Waals surface area contributed by atoms with Crippen LogP contribution >= 0.6 is 11.3 Å². The normalized spacial score (nSPS) is 16.1. The lowest BCUT2D eigenvalue weighted by Gasteiger charge is -2.28. The van der Waals surface area contributed by atoms with Crippen molar-refractivity contribution >= 4 is 39.3 Å². The van der Waals surface area contributed by atoms with Gasteiger partial charge < -0.3 is 26.1 Å². The summed E-state index contributed by atoms with van der Waals surface area (Å²) in [5.41, 5.74) is 9.10. The summed E-state index contributed by atoms with van der Waals surface area (Å²) in [5.74, 6) is 1.57. The number of ether oxygens (including phenoxy) is 1. The van der Waals surface area contributed by atoms with Gasteiger partial charge in [-0.3, -0.25) is 4.90 Å². The summed E-state index contributed by atoms with van der Waals surface area (Å²) >= 11 is 1.79. The molecule has 2 aliphatic rings. The Bertz CT molecular complexity index is 1100.